The third-order valence-electron chi connectivity index (χ3n) is 1.05. The minimum atomic E-state index is -1.04. The van der Waals surface area contributed by atoms with E-state index in [4.69, 9.17) is 14.9 Å². The standard InChI is InChI=1S/C7H14O5/c1-2-11-3-6(8)4-12-5-7(9)10/h6,8H,2-5H2,1H3,(H,9,10). The molecule has 0 aliphatic rings. The van der Waals surface area contributed by atoms with Gasteiger partial charge < -0.3 is 19.7 Å². The summed E-state index contributed by atoms with van der Waals surface area (Å²) in [6, 6.07) is 0. The number of aliphatic hydroxyl groups is 1. The van der Waals surface area contributed by atoms with Gasteiger partial charge in [0.15, 0.2) is 0 Å². The van der Waals surface area contributed by atoms with E-state index in [0.29, 0.717) is 6.61 Å². The number of aliphatic carboxylic acids is 1. The molecule has 0 rings (SSSR count). The molecule has 0 saturated heterocycles. The number of carboxylic acids is 1. The van der Waals surface area contributed by atoms with Crippen molar-refractivity contribution in [3.8, 4) is 0 Å². The minimum Gasteiger partial charge on any atom is -0.480 e. The Balaban J connectivity index is 3.19. The molecule has 12 heavy (non-hydrogen) atoms. The van der Waals surface area contributed by atoms with E-state index in [2.05, 4.69) is 4.74 Å². The van der Waals surface area contributed by atoms with Gasteiger partial charge in [0.25, 0.3) is 0 Å². The van der Waals surface area contributed by atoms with Crippen molar-refractivity contribution in [1.82, 2.24) is 0 Å². The van der Waals surface area contributed by atoms with Gasteiger partial charge in [-0.3, -0.25) is 0 Å². The molecule has 0 aromatic rings. The second-order valence-electron chi connectivity index (χ2n) is 2.22. The van der Waals surface area contributed by atoms with Gasteiger partial charge in [-0.15, -0.1) is 0 Å². The van der Waals surface area contributed by atoms with Gasteiger partial charge in [-0.2, -0.15) is 0 Å². The van der Waals surface area contributed by atoms with E-state index >= 15 is 0 Å². The van der Waals surface area contributed by atoms with Gasteiger partial charge in [-0.1, -0.05) is 0 Å². The van der Waals surface area contributed by atoms with Crippen LogP contribution in [0.1, 0.15) is 6.92 Å². The van der Waals surface area contributed by atoms with Crippen LogP contribution in [0.2, 0.25) is 0 Å². The van der Waals surface area contributed by atoms with Gasteiger partial charge in [0, 0.05) is 6.61 Å². The molecule has 1 unspecified atom stereocenters. The van der Waals surface area contributed by atoms with Crippen LogP contribution in [0.5, 0.6) is 0 Å². The summed E-state index contributed by atoms with van der Waals surface area (Å²) in [7, 11) is 0. The largest absolute Gasteiger partial charge is 0.480 e. The average molecular weight is 178 g/mol. The summed E-state index contributed by atoms with van der Waals surface area (Å²) in [5.74, 6) is -1.04. The third kappa shape index (κ3) is 7.46. The van der Waals surface area contributed by atoms with Crippen molar-refractivity contribution in [3.05, 3.63) is 0 Å². The first-order valence-corrected chi connectivity index (χ1v) is 3.72. The number of hydrogen-bond donors (Lipinski definition) is 2. The maximum absolute atomic E-state index is 9.96. The van der Waals surface area contributed by atoms with Crippen molar-refractivity contribution in [1.29, 1.82) is 0 Å². The van der Waals surface area contributed by atoms with E-state index in [9.17, 15) is 4.79 Å². The maximum atomic E-state index is 9.96. The minimum absolute atomic E-state index is 0.00764. The van der Waals surface area contributed by atoms with Crippen molar-refractivity contribution in [2.24, 2.45) is 0 Å². The topological polar surface area (TPSA) is 76.0 Å². The molecule has 1 atom stereocenters. The molecule has 5 heteroatoms. The quantitative estimate of drug-likeness (QED) is 0.549. The summed E-state index contributed by atoms with van der Waals surface area (Å²) in [5, 5.41) is 17.2. The Bertz CT molecular complexity index is 125. The van der Waals surface area contributed by atoms with Crippen molar-refractivity contribution in [2.45, 2.75) is 13.0 Å². The summed E-state index contributed by atoms with van der Waals surface area (Å²) >= 11 is 0. The van der Waals surface area contributed by atoms with E-state index in [0.717, 1.165) is 0 Å². The highest BCUT2D eigenvalue weighted by Gasteiger charge is 2.04. The molecule has 0 heterocycles. The molecular weight excluding hydrogens is 164 g/mol. The zero-order chi connectivity index (χ0) is 9.40. The fourth-order valence-electron chi connectivity index (χ4n) is 0.584. The molecule has 72 valence electrons. The molecule has 5 nitrogen and oxygen atoms in total. The summed E-state index contributed by atoms with van der Waals surface area (Å²) < 4.78 is 9.50. The first kappa shape index (κ1) is 11.4. The summed E-state index contributed by atoms with van der Waals surface area (Å²) in [5.41, 5.74) is 0. The molecule has 0 aliphatic heterocycles. The molecule has 2 N–H and O–H groups in total. The van der Waals surface area contributed by atoms with Crippen LogP contribution in [0.4, 0.5) is 0 Å². The third-order valence-corrected chi connectivity index (χ3v) is 1.05. The van der Waals surface area contributed by atoms with Crippen LogP contribution < -0.4 is 0 Å². The van der Waals surface area contributed by atoms with E-state index in [1.54, 1.807) is 0 Å². The Kier molecular flexibility index (Phi) is 6.64. The first-order chi connectivity index (χ1) is 5.66. The summed E-state index contributed by atoms with van der Waals surface area (Å²) in [6.07, 6.45) is -0.746. The van der Waals surface area contributed by atoms with E-state index < -0.39 is 12.1 Å². The lowest BCUT2D eigenvalue weighted by Gasteiger charge is -2.09. The first-order valence-electron chi connectivity index (χ1n) is 3.72. The molecule has 0 spiro atoms. The second kappa shape index (κ2) is 7.02. The van der Waals surface area contributed by atoms with Crippen LogP contribution >= 0.6 is 0 Å². The molecule has 0 aromatic heterocycles. The smallest absolute Gasteiger partial charge is 0.329 e. The lowest BCUT2D eigenvalue weighted by molar-refractivity contribution is -0.143. The average Bonchev–Trinajstić information content (AvgIpc) is 2.00. The van der Waals surface area contributed by atoms with Crippen LogP contribution in [-0.2, 0) is 14.3 Å². The number of rotatable bonds is 7. The SMILES string of the molecule is CCOCC(O)COCC(=O)O. The Morgan fingerprint density at radius 1 is 1.42 bits per heavy atom. The number of hydrogen-bond acceptors (Lipinski definition) is 4. The van der Waals surface area contributed by atoms with Crippen LogP contribution in [0.25, 0.3) is 0 Å². The number of aliphatic hydroxyl groups excluding tert-OH is 1. The second-order valence-corrected chi connectivity index (χ2v) is 2.22. The lowest BCUT2D eigenvalue weighted by Crippen LogP contribution is -2.23. The Morgan fingerprint density at radius 2 is 2.00 bits per heavy atom. The number of carbonyl (C=O) groups is 1. The van der Waals surface area contributed by atoms with Crippen LogP contribution in [0.15, 0.2) is 0 Å². The molecule has 0 saturated carbocycles. The highest BCUT2D eigenvalue weighted by molar-refractivity contribution is 5.67. The van der Waals surface area contributed by atoms with Crippen molar-refractivity contribution >= 4 is 5.97 Å². The number of carboxylic acid groups (broad SMARTS) is 1. The Morgan fingerprint density at radius 3 is 2.50 bits per heavy atom. The van der Waals surface area contributed by atoms with Crippen molar-refractivity contribution in [3.63, 3.8) is 0 Å². The zero-order valence-electron chi connectivity index (χ0n) is 7.02. The molecule has 0 radical (unpaired) electrons. The predicted octanol–water partition coefficient (Wildman–Crippen LogP) is -0.515. The fourth-order valence-corrected chi connectivity index (χ4v) is 0.584. The van der Waals surface area contributed by atoms with Gasteiger partial charge in [0.2, 0.25) is 0 Å². The Hall–Kier alpha value is -0.650. The fraction of sp³-hybridized carbons (Fsp3) is 0.857. The van der Waals surface area contributed by atoms with Crippen LogP contribution in [0, 0.1) is 0 Å². The van der Waals surface area contributed by atoms with Crippen molar-refractivity contribution < 1.29 is 24.5 Å². The van der Waals surface area contributed by atoms with E-state index in [1.165, 1.54) is 0 Å². The number of ether oxygens (including phenoxy) is 2. The van der Waals surface area contributed by atoms with Crippen LogP contribution in [-0.4, -0.2) is 48.7 Å². The van der Waals surface area contributed by atoms with Gasteiger partial charge in [-0.25, -0.2) is 4.79 Å². The molecule has 0 amide bonds. The predicted molar refractivity (Wildman–Crippen MR) is 41.0 cm³/mol. The van der Waals surface area contributed by atoms with Crippen LogP contribution in [0.3, 0.4) is 0 Å². The van der Waals surface area contributed by atoms with E-state index in [-0.39, 0.29) is 19.8 Å². The normalized spacial score (nSPS) is 12.8. The lowest BCUT2D eigenvalue weighted by atomic mass is 10.4. The highest BCUT2D eigenvalue weighted by Crippen LogP contribution is 1.87. The maximum Gasteiger partial charge on any atom is 0.329 e. The molecule has 0 aromatic carbocycles. The molecule has 0 bridgehead atoms. The van der Waals surface area contributed by atoms with Crippen molar-refractivity contribution in [2.75, 3.05) is 26.4 Å². The van der Waals surface area contributed by atoms with Gasteiger partial charge in [0.1, 0.15) is 12.7 Å². The van der Waals surface area contributed by atoms with E-state index in [1.807, 2.05) is 6.92 Å². The Labute approximate surface area is 70.9 Å². The summed E-state index contributed by atoms with van der Waals surface area (Å²) in [6.45, 7) is 2.12. The zero-order valence-corrected chi connectivity index (χ0v) is 7.02. The monoisotopic (exact) mass is 178 g/mol. The molecular formula is C7H14O5. The van der Waals surface area contributed by atoms with Gasteiger partial charge in [0.05, 0.1) is 13.2 Å². The summed E-state index contributed by atoms with van der Waals surface area (Å²) in [4.78, 5) is 9.96. The highest BCUT2D eigenvalue weighted by atomic mass is 16.5. The molecule has 0 aliphatic carbocycles. The van der Waals surface area contributed by atoms with Gasteiger partial charge >= 0.3 is 5.97 Å². The molecule has 0 fully saturated rings. The van der Waals surface area contributed by atoms with Gasteiger partial charge in [-0.05, 0) is 6.92 Å².